The summed E-state index contributed by atoms with van der Waals surface area (Å²) >= 11 is 0. The molecule has 1 aromatic rings. The fraction of sp³-hybridized carbons (Fsp3) is 0.333. The van der Waals surface area contributed by atoms with Crippen molar-refractivity contribution in [1.29, 1.82) is 0 Å². The van der Waals surface area contributed by atoms with Gasteiger partial charge in [0.25, 0.3) is 0 Å². The van der Waals surface area contributed by atoms with Crippen molar-refractivity contribution < 1.29 is 22.7 Å². The van der Waals surface area contributed by atoms with Crippen LogP contribution in [-0.4, -0.2) is 41.0 Å². The third-order valence-corrected chi connectivity index (χ3v) is 4.47. The highest BCUT2D eigenvalue weighted by molar-refractivity contribution is 7.89. The molecule has 2 rings (SSSR count). The molecule has 0 aromatic heterocycles. The molecule has 0 spiro atoms. The number of benzene rings is 1. The zero-order chi connectivity index (χ0) is 14.9. The second-order valence-corrected chi connectivity index (χ2v) is 6.09. The monoisotopic (exact) mass is 298 g/mol. The Morgan fingerprint density at radius 2 is 2.15 bits per heavy atom. The topological polar surface area (TPSA) is 92.8 Å². The molecule has 1 aliphatic rings. The van der Waals surface area contributed by atoms with Gasteiger partial charge in [-0.1, -0.05) is 0 Å². The van der Waals surface area contributed by atoms with Crippen LogP contribution in [0.1, 0.15) is 5.56 Å². The van der Waals surface area contributed by atoms with Gasteiger partial charge in [-0.05, 0) is 23.8 Å². The Kier molecular flexibility index (Phi) is 3.78. The number of esters is 1. The smallest absolute Gasteiger partial charge is 0.320 e. The molecule has 20 heavy (non-hydrogen) atoms. The normalized spacial score (nSPS) is 14.3. The molecule has 1 amide bonds. The van der Waals surface area contributed by atoms with Crippen molar-refractivity contribution in [2.24, 2.45) is 0 Å². The second-order valence-electron chi connectivity index (χ2n) is 4.32. The fourth-order valence-corrected chi connectivity index (χ4v) is 2.94. The minimum absolute atomic E-state index is 0.0169. The van der Waals surface area contributed by atoms with E-state index < -0.39 is 22.5 Å². The van der Waals surface area contributed by atoms with E-state index in [1.807, 2.05) is 0 Å². The van der Waals surface area contributed by atoms with Gasteiger partial charge in [0.05, 0.1) is 18.4 Å². The summed E-state index contributed by atoms with van der Waals surface area (Å²) in [5.41, 5.74) is 1.35. The van der Waals surface area contributed by atoms with Crippen molar-refractivity contribution >= 4 is 27.6 Å². The lowest BCUT2D eigenvalue weighted by molar-refractivity contribution is -0.139. The average Bonchev–Trinajstić information content (AvgIpc) is 2.71. The molecule has 0 radical (unpaired) electrons. The fourth-order valence-electron chi connectivity index (χ4n) is 1.92. The predicted molar refractivity (Wildman–Crippen MR) is 70.8 cm³/mol. The van der Waals surface area contributed by atoms with E-state index in [1.165, 1.54) is 24.1 Å². The number of nitrogens with zero attached hydrogens (tertiary/aromatic N) is 1. The third kappa shape index (κ3) is 2.66. The zero-order valence-electron chi connectivity index (χ0n) is 11.0. The third-order valence-electron chi connectivity index (χ3n) is 3.07. The van der Waals surface area contributed by atoms with Crippen LogP contribution in [0.15, 0.2) is 23.1 Å². The number of anilines is 1. The number of hydrogen-bond acceptors (Lipinski definition) is 5. The predicted octanol–water partition coefficient (Wildman–Crippen LogP) is -0.343. The lowest BCUT2D eigenvalue weighted by Crippen LogP contribution is -2.30. The maximum Gasteiger partial charge on any atom is 0.320 e. The van der Waals surface area contributed by atoms with Crippen LogP contribution in [-0.2, 0) is 30.8 Å². The van der Waals surface area contributed by atoms with Crippen LogP contribution in [0.3, 0.4) is 0 Å². The van der Waals surface area contributed by atoms with Crippen molar-refractivity contribution in [3.63, 3.8) is 0 Å². The number of carbonyl (C=O) groups excluding carboxylic acids is 2. The molecule has 8 heteroatoms. The molecule has 0 aliphatic carbocycles. The number of likely N-dealkylation sites (N-methyl/N-ethyl adjacent to an activating group) is 1. The Labute approximate surface area is 116 Å². The van der Waals surface area contributed by atoms with E-state index in [9.17, 15) is 18.0 Å². The maximum absolute atomic E-state index is 12.0. The van der Waals surface area contributed by atoms with Crippen LogP contribution in [0.25, 0.3) is 0 Å². The number of amides is 1. The summed E-state index contributed by atoms with van der Waals surface area (Å²) in [6.45, 7) is -0.436. The molecular formula is C12H14N2O5S. The lowest BCUT2D eigenvalue weighted by Gasteiger charge is -2.11. The Bertz CT molecular complexity index is 668. The summed E-state index contributed by atoms with van der Waals surface area (Å²) < 4.78 is 30.5. The highest BCUT2D eigenvalue weighted by Crippen LogP contribution is 2.29. The molecule has 1 heterocycles. The summed E-state index contributed by atoms with van der Waals surface area (Å²) in [4.78, 5) is 24.0. The summed E-state index contributed by atoms with van der Waals surface area (Å²) in [6.07, 6.45) is 0.173. The van der Waals surface area contributed by atoms with E-state index in [1.54, 1.807) is 13.1 Å². The minimum atomic E-state index is -3.80. The minimum Gasteiger partial charge on any atom is -0.468 e. The first-order valence-electron chi connectivity index (χ1n) is 5.81. The number of hydrogen-bond donors (Lipinski definition) is 1. The SMILES string of the molecule is COC(=O)CNS(=O)(=O)c1ccc2c(c1)CC(=O)N2C. The van der Waals surface area contributed by atoms with Gasteiger partial charge in [0.2, 0.25) is 15.9 Å². The van der Waals surface area contributed by atoms with Gasteiger partial charge in [-0.3, -0.25) is 9.59 Å². The van der Waals surface area contributed by atoms with E-state index in [4.69, 9.17) is 0 Å². The summed E-state index contributed by atoms with van der Waals surface area (Å²) in [5.74, 6) is -0.762. The van der Waals surface area contributed by atoms with Crippen LogP contribution in [0.2, 0.25) is 0 Å². The van der Waals surface area contributed by atoms with Crippen molar-refractivity contribution in [3.8, 4) is 0 Å². The standard InChI is InChI=1S/C12H14N2O5S/c1-14-10-4-3-9(5-8(10)6-11(14)15)20(17,18)13-7-12(16)19-2/h3-5,13H,6-7H2,1-2H3. The van der Waals surface area contributed by atoms with Gasteiger partial charge in [-0.25, -0.2) is 8.42 Å². The molecule has 0 bridgehead atoms. The van der Waals surface area contributed by atoms with Gasteiger partial charge in [0.15, 0.2) is 0 Å². The first kappa shape index (κ1) is 14.5. The first-order valence-corrected chi connectivity index (χ1v) is 7.29. The van der Waals surface area contributed by atoms with Gasteiger partial charge in [0, 0.05) is 12.7 Å². The Morgan fingerprint density at radius 3 is 2.80 bits per heavy atom. The molecule has 1 N–H and O–H groups in total. The summed E-state index contributed by atoms with van der Waals surface area (Å²) in [7, 11) is -0.992. The molecule has 7 nitrogen and oxygen atoms in total. The molecule has 0 saturated heterocycles. The number of methoxy groups -OCH3 is 1. The summed E-state index contributed by atoms with van der Waals surface area (Å²) in [5, 5.41) is 0. The Morgan fingerprint density at radius 1 is 1.45 bits per heavy atom. The summed E-state index contributed by atoms with van der Waals surface area (Å²) in [6, 6.07) is 4.41. The Balaban J connectivity index is 2.24. The zero-order valence-corrected chi connectivity index (χ0v) is 11.9. The molecule has 108 valence electrons. The van der Waals surface area contributed by atoms with Crippen LogP contribution in [0.4, 0.5) is 5.69 Å². The van der Waals surface area contributed by atoms with E-state index in [-0.39, 0.29) is 17.2 Å². The van der Waals surface area contributed by atoms with E-state index in [2.05, 4.69) is 9.46 Å². The molecule has 0 fully saturated rings. The highest BCUT2D eigenvalue weighted by Gasteiger charge is 2.26. The van der Waals surface area contributed by atoms with Crippen LogP contribution >= 0.6 is 0 Å². The molecular weight excluding hydrogens is 284 g/mol. The molecule has 1 aromatic carbocycles. The van der Waals surface area contributed by atoms with Gasteiger partial charge >= 0.3 is 5.97 Å². The van der Waals surface area contributed by atoms with Crippen LogP contribution < -0.4 is 9.62 Å². The molecule has 0 unspecified atom stereocenters. The lowest BCUT2D eigenvalue weighted by atomic mass is 10.2. The van der Waals surface area contributed by atoms with Gasteiger partial charge in [-0.15, -0.1) is 0 Å². The van der Waals surface area contributed by atoms with Crippen molar-refractivity contribution in [2.45, 2.75) is 11.3 Å². The van der Waals surface area contributed by atoms with Crippen LogP contribution in [0, 0.1) is 0 Å². The molecule has 0 saturated carbocycles. The quantitative estimate of drug-likeness (QED) is 0.767. The van der Waals surface area contributed by atoms with Crippen molar-refractivity contribution in [1.82, 2.24) is 4.72 Å². The number of nitrogens with one attached hydrogen (secondary N) is 1. The second kappa shape index (κ2) is 5.22. The average molecular weight is 298 g/mol. The van der Waals surface area contributed by atoms with E-state index in [0.717, 1.165) is 0 Å². The van der Waals surface area contributed by atoms with E-state index in [0.29, 0.717) is 11.3 Å². The number of ether oxygens (including phenoxy) is 1. The number of sulfonamides is 1. The van der Waals surface area contributed by atoms with Crippen LogP contribution in [0.5, 0.6) is 0 Å². The number of carbonyl (C=O) groups is 2. The first-order chi connectivity index (χ1) is 9.35. The molecule has 0 atom stereocenters. The number of rotatable bonds is 4. The van der Waals surface area contributed by atoms with Crippen molar-refractivity contribution in [2.75, 3.05) is 25.6 Å². The number of fused-ring (bicyclic) bond motifs is 1. The highest BCUT2D eigenvalue weighted by atomic mass is 32.2. The Hall–Kier alpha value is -1.93. The maximum atomic E-state index is 12.0. The van der Waals surface area contributed by atoms with Crippen molar-refractivity contribution in [3.05, 3.63) is 23.8 Å². The largest absolute Gasteiger partial charge is 0.468 e. The van der Waals surface area contributed by atoms with E-state index >= 15 is 0 Å². The van der Waals surface area contributed by atoms with Gasteiger partial charge < -0.3 is 9.64 Å². The van der Waals surface area contributed by atoms with Gasteiger partial charge in [0.1, 0.15) is 6.54 Å². The van der Waals surface area contributed by atoms with Gasteiger partial charge in [-0.2, -0.15) is 4.72 Å². The molecule has 1 aliphatic heterocycles.